The van der Waals surface area contributed by atoms with Crippen molar-refractivity contribution in [3.05, 3.63) is 23.4 Å². The minimum absolute atomic E-state index is 0.272. The molecule has 0 amide bonds. The van der Waals surface area contributed by atoms with Crippen LogP contribution >= 0.6 is 11.6 Å². The number of ether oxygens (including phenoxy) is 4. The number of hydrogen-bond acceptors (Lipinski definition) is 6. The lowest BCUT2D eigenvalue weighted by Crippen LogP contribution is -2.35. The number of pyridine rings is 1. The van der Waals surface area contributed by atoms with Crippen molar-refractivity contribution < 1.29 is 24.1 Å². The fourth-order valence-electron chi connectivity index (χ4n) is 3.56. The van der Waals surface area contributed by atoms with Gasteiger partial charge in [0.2, 0.25) is 0 Å². The third kappa shape index (κ3) is 4.22. The molecule has 9 heteroatoms. The normalized spacial score (nSPS) is 27.5. The molecule has 1 N–H and O–H groups in total. The Labute approximate surface area is 170 Å². The first kappa shape index (κ1) is 20.1. The molecule has 0 spiro atoms. The van der Waals surface area contributed by atoms with Gasteiger partial charge in [0.05, 0.1) is 24.2 Å². The van der Waals surface area contributed by atoms with E-state index < -0.39 is 14.2 Å². The van der Waals surface area contributed by atoms with E-state index in [0.717, 1.165) is 17.1 Å². The Morgan fingerprint density at radius 2 is 2.04 bits per heavy atom. The SMILES string of the molecule is C[Si](C)(C)CCOCn1c(O[C@@H]2CO[C@H]3[C@@H]2OC[C@H]3O)cc2nc(Cl)ccc21. The molecule has 7 nitrogen and oxygen atoms in total. The standard InChI is InChI=1S/C19H27ClN2O5Si/c1-28(2,3)7-6-24-11-22-13-4-5-16(20)21-12(13)8-17(22)27-15-10-26-18-14(23)9-25-19(15)18/h4-5,8,14-15,18-19,23H,6-7,9-11H2,1-3H3/t14-,15-,18-,19-/m1/s1. The van der Waals surface area contributed by atoms with E-state index in [-0.39, 0.29) is 24.9 Å². The number of nitrogens with zero attached hydrogens (tertiary/aromatic N) is 2. The van der Waals surface area contributed by atoms with Gasteiger partial charge in [-0.15, -0.1) is 0 Å². The van der Waals surface area contributed by atoms with Crippen molar-refractivity contribution in [3.63, 3.8) is 0 Å². The largest absolute Gasteiger partial charge is 0.470 e. The van der Waals surface area contributed by atoms with Crippen LogP contribution in [0.2, 0.25) is 30.8 Å². The fourth-order valence-corrected chi connectivity index (χ4v) is 4.47. The molecule has 0 aliphatic carbocycles. The second-order valence-electron chi connectivity index (χ2n) is 8.62. The number of halogens is 1. The molecule has 2 aliphatic heterocycles. The maximum Gasteiger partial charge on any atom is 0.198 e. The summed E-state index contributed by atoms with van der Waals surface area (Å²) in [4.78, 5) is 4.39. The number of fused-ring (bicyclic) bond motifs is 2. The Morgan fingerprint density at radius 1 is 1.25 bits per heavy atom. The molecule has 0 radical (unpaired) electrons. The quantitative estimate of drug-likeness (QED) is 0.417. The third-order valence-corrected chi connectivity index (χ3v) is 7.07. The lowest BCUT2D eigenvalue weighted by Gasteiger charge is -2.20. The number of aliphatic hydroxyl groups excluding tert-OH is 1. The molecule has 28 heavy (non-hydrogen) atoms. The molecule has 0 aromatic carbocycles. The summed E-state index contributed by atoms with van der Waals surface area (Å²) in [5.74, 6) is 0.636. The Hall–Kier alpha value is -1.16. The van der Waals surface area contributed by atoms with Gasteiger partial charge >= 0.3 is 0 Å². The molecule has 4 atom stereocenters. The molecule has 2 aromatic rings. The van der Waals surface area contributed by atoms with E-state index in [4.69, 9.17) is 30.5 Å². The summed E-state index contributed by atoms with van der Waals surface area (Å²) in [5.41, 5.74) is 1.65. The average Bonchev–Trinajstić information content (AvgIpc) is 3.27. The van der Waals surface area contributed by atoms with Gasteiger partial charge in [-0.05, 0) is 18.2 Å². The van der Waals surface area contributed by atoms with Crippen molar-refractivity contribution >= 4 is 30.7 Å². The number of aromatic nitrogens is 2. The zero-order valence-corrected chi connectivity index (χ0v) is 18.2. The predicted molar refractivity (Wildman–Crippen MR) is 109 cm³/mol. The summed E-state index contributed by atoms with van der Waals surface area (Å²) in [7, 11) is -1.16. The van der Waals surface area contributed by atoms with Gasteiger partial charge in [0.25, 0.3) is 0 Å². The highest BCUT2D eigenvalue weighted by molar-refractivity contribution is 6.76. The first-order valence-corrected chi connectivity index (χ1v) is 13.7. The lowest BCUT2D eigenvalue weighted by molar-refractivity contribution is 0.00479. The molecule has 2 aromatic heterocycles. The summed E-state index contributed by atoms with van der Waals surface area (Å²) < 4.78 is 25.5. The van der Waals surface area contributed by atoms with E-state index in [0.29, 0.717) is 31.0 Å². The monoisotopic (exact) mass is 426 g/mol. The lowest BCUT2D eigenvalue weighted by atomic mass is 10.1. The Balaban J connectivity index is 1.53. The zero-order chi connectivity index (χ0) is 19.9. The molecule has 2 aliphatic rings. The molecule has 154 valence electrons. The van der Waals surface area contributed by atoms with Crippen LogP contribution in [0.3, 0.4) is 0 Å². The highest BCUT2D eigenvalue weighted by atomic mass is 35.5. The van der Waals surface area contributed by atoms with Gasteiger partial charge in [-0.3, -0.25) is 4.57 Å². The van der Waals surface area contributed by atoms with Crippen LogP contribution < -0.4 is 4.74 Å². The fraction of sp³-hybridized carbons (Fsp3) is 0.632. The molecular weight excluding hydrogens is 400 g/mol. The third-order valence-electron chi connectivity index (χ3n) is 5.16. The van der Waals surface area contributed by atoms with Crippen LogP contribution in [0.15, 0.2) is 18.2 Å². The smallest absolute Gasteiger partial charge is 0.198 e. The number of aliphatic hydroxyl groups is 1. The van der Waals surface area contributed by atoms with E-state index in [1.807, 2.05) is 16.7 Å². The van der Waals surface area contributed by atoms with Gasteiger partial charge in [-0.1, -0.05) is 31.2 Å². The maximum absolute atomic E-state index is 9.94. The zero-order valence-electron chi connectivity index (χ0n) is 16.4. The Morgan fingerprint density at radius 3 is 2.82 bits per heavy atom. The first-order valence-electron chi connectivity index (χ1n) is 9.63. The second kappa shape index (κ2) is 7.93. The second-order valence-corrected chi connectivity index (χ2v) is 14.6. The molecule has 4 rings (SSSR count). The van der Waals surface area contributed by atoms with Crippen LogP contribution in [0.4, 0.5) is 0 Å². The van der Waals surface area contributed by atoms with Crippen LogP contribution in [0, 0.1) is 0 Å². The van der Waals surface area contributed by atoms with Crippen LogP contribution in [-0.2, 0) is 20.9 Å². The Bertz CT molecular complexity index is 840. The van der Waals surface area contributed by atoms with Crippen molar-refractivity contribution in [2.45, 2.75) is 56.8 Å². The van der Waals surface area contributed by atoms with Gasteiger partial charge in [0.15, 0.2) is 12.0 Å². The summed E-state index contributed by atoms with van der Waals surface area (Å²) in [6.45, 7) is 8.71. The van der Waals surface area contributed by atoms with E-state index in [1.165, 1.54) is 0 Å². The maximum atomic E-state index is 9.94. The summed E-state index contributed by atoms with van der Waals surface area (Å²) in [6.07, 6.45) is -1.49. The molecule has 4 heterocycles. The molecule has 2 fully saturated rings. The van der Waals surface area contributed by atoms with E-state index in [2.05, 4.69) is 24.6 Å². The van der Waals surface area contributed by atoms with Crippen molar-refractivity contribution in [1.29, 1.82) is 0 Å². The van der Waals surface area contributed by atoms with Gasteiger partial charge in [-0.2, -0.15) is 0 Å². The van der Waals surface area contributed by atoms with E-state index in [1.54, 1.807) is 6.07 Å². The van der Waals surface area contributed by atoms with Crippen molar-refractivity contribution in [3.8, 4) is 5.88 Å². The summed E-state index contributed by atoms with van der Waals surface area (Å²) >= 11 is 6.06. The Kier molecular flexibility index (Phi) is 5.70. The van der Waals surface area contributed by atoms with Crippen molar-refractivity contribution in [1.82, 2.24) is 9.55 Å². The minimum atomic E-state index is -1.16. The molecule has 0 bridgehead atoms. The molecular formula is C19H27ClN2O5Si. The van der Waals surface area contributed by atoms with Crippen LogP contribution in [0.25, 0.3) is 11.0 Å². The first-order chi connectivity index (χ1) is 13.3. The van der Waals surface area contributed by atoms with Crippen molar-refractivity contribution in [2.24, 2.45) is 0 Å². The predicted octanol–water partition coefficient (Wildman–Crippen LogP) is 2.91. The van der Waals surface area contributed by atoms with Gasteiger partial charge < -0.3 is 24.1 Å². The van der Waals surface area contributed by atoms with E-state index >= 15 is 0 Å². The van der Waals surface area contributed by atoms with Gasteiger partial charge in [-0.25, -0.2) is 4.98 Å². The topological polar surface area (TPSA) is 75.0 Å². The molecule has 2 saturated heterocycles. The summed E-state index contributed by atoms with van der Waals surface area (Å²) in [6, 6.07) is 6.64. The molecule has 0 unspecified atom stereocenters. The van der Waals surface area contributed by atoms with E-state index in [9.17, 15) is 5.11 Å². The van der Waals surface area contributed by atoms with Gasteiger partial charge in [0.1, 0.15) is 30.2 Å². The highest BCUT2D eigenvalue weighted by Crippen LogP contribution is 2.32. The summed E-state index contributed by atoms with van der Waals surface area (Å²) in [5, 5.41) is 10.4. The van der Waals surface area contributed by atoms with Crippen molar-refractivity contribution in [2.75, 3.05) is 19.8 Å². The van der Waals surface area contributed by atoms with Crippen LogP contribution in [0.1, 0.15) is 0 Å². The highest BCUT2D eigenvalue weighted by Gasteiger charge is 2.48. The average molecular weight is 427 g/mol. The number of rotatable bonds is 7. The molecule has 0 saturated carbocycles. The number of hydrogen-bond donors (Lipinski definition) is 1. The van der Waals surface area contributed by atoms with Crippen LogP contribution in [-0.4, -0.2) is 67.0 Å². The minimum Gasteiger partial charge on any atom is -0.470 e. The van der Waals surface area contributed by atoms with Gasteiger partial charge in [0, 0.05) is 20.7 Å². The van der Waals surface area contributed by atoms with Crippen LogP contribution in [0.5, 0.6) is 5.88 Å².